The Hall–Kier alpha value is -1.01. The third-order valence-corrected chi connectivity index (χ3v) is 6.55. The van der Waals surface area contributed by atoms with Crippen molar-refractivity contribution in [3.05, 3.63) is 21.1 Å². The average Bonchev–Trinajstić information content (AvgIpc) is 2.92. The first kappa shape index (κ1) is 16.4. The van der Waals surface area contributed by atoms with Crippen LogP contribution in [0.4, 0.5) is 5.13 Å². The van der Waals surface area contributed by atoms with Crippen LogP contribution in [0.2, 0.25) is 0 Å². The van der Waals surface area contributed by atoms with E-state index in [1.54, 1.807) is 6.92 Å². The number of amides is 1. The number of sulfonamides is 1. The normalized spacial score (nSPS) is 11.4. The minimum Gasteiger partial charge on any atom is -0.487 e. The monoisotopic (exact) mass is 411 g/mol. The molecule has 11 heteroatoms. The van der Waals surface area contributed by atoms with Gasteiger partial charge in [-0.15, -0.1) is 0 Å². The van der Waals surface area contributed by atoms with E-state index >= 15 is 0 Å². The zero-order valence-electron chi connectivity index (χ0n) is 10.8. The molecule has 7 nitrogen and oxygen atoms in total. The summed E-state index contributed by atoms with van der Waals surface area (Å²) in [5.74, 6) is -0.599. The van der Waals surface area contributed by atoms with Crippen LogP contribution in [0.1, 0.15) is 15.9 Å². The molecule has 0 aliphatic carbocycles. The Morgan fingerprint density at radius 3 is 2.62 bits per heavy atom. The van der Waals surface area contributed by atoms with E-state index in [0.717, 1.165) is 15.1 Å². The molecule has 0 fully saturated rings. The summed E-state index contributed by atoms with van der Waals surface area (Å²) in [6, 6.07) is 0. The lowest BCUT2D eigenvalue weighted by molar-refractivity contribution is 0.102. The van der Waals surface area contributed by atoms with Gasteiger partial charge in [0.15, 0.2) is 14.4 Å². The number of carbonyl (C=O) groups is 1. The zero-order valence-corrected chi connectivity index (χ0v) is 14.9. The number of hydrogen-bond donors (Lipinski definition) is 2. The zero-order chi connectivity index (χ0) is 15.8. The molecule has 3 N–H and O–H groups in total. The third kappa shape index (κ3) is 3.43. The first-order chi connectivity index (χ1) is 9.74. The third-order valence-electron chi connectivity index (χ3n) is 2.44. The van der Waals surface area contributed by atoms with Gasteiger partial charge in [-0.05, 0) is 22.9 Å². The van der Waals surface area contributed by atoms with Crippen molar-refractivity contribution in [1.82, 2.24) is 4.98 Å². The standard InChI is InChI=1S/C10H10BrN3O4S3/c1-4-6(7(15)14-10-13-3-5(11)19-10)9(21(12,16)17)20-8(4)18-2/h3H,1-2H3,(H2,12,16,17)(H,13,14,15). The number of ether oxygens (including phenoxy) is 1. The van der Waals surface area contributed by atoms with Crippen molar-refractivity contribution in [3.8, 4) is 5.06 Å². The van der Waals surface area contributed by atoms with Crippen LogP contribution < -0.4 is 15.2 Å². The number of halogens is 1. The molecule has 0 unspecified atom stereocenters. The van der Waals surface area contributed by atoms with Crippen molar-refractivity contribution in [1.29, 1.82) is 0 Å². The lowest BCUT2D eigenvalue weighted by atomic mass is 10.2. The highest BCUT2D eigenvalue weighted by Gasteiger charge is 2.28. The lowest BCUT2D eigenvalue weighted by Gasteiger charge is -2.03. The predicted octanol–water partition coefficient (Wildman–Crippen LogP) is 2.18. The minimum absolute atomic E-state index is 0.0225. The second kappa shape index (κ2) is 6.01. The van der Waals surface area contributed by atoms with Gasteiger partial charge in [-0.1, -0.05) is 22.7 Å². The topological polar surface area (TPSA) is 111 Å². The summed E-state index contributed by atoms with van der Waals surface area (Å²) in [7, 11) is -2.63. The highest BCUT2D eigenvalue weighted by Crippen LogP contribution is 2.37. The van der Waals surface area contributed by atoms with Gasteiger partial charge >= 0.3 is 0 Å². The summed E-state index contributed by atoms with van der Waals surface area (Å²) in [5.41, 5.74) is 0.394. The summed E-state index contributed by atoms with van der Waals surface area (Å²) in [5, 5.41) is 8.36. The number of primary sulfonamides is 1. The van der Waals surface area contributed by atoms with E-state index in [4.69, 9.17) is 9.88 Å². The maximum absolute atomic E-state index is 12.3. The number of nitrogens with one attached hydrogen (secondary N) is 1. The minimum atomic E-state index is -4.03. The number of nitrogens with zero attached hydrogens (tertiary/aromatic N) is 1. The smallest absolute Gasteiger partial charge is 0.260 e. The van der Waals surface area contributed by atoms with Crippen LogP contribution in [-0.2, 0) is 10.0 Å². The Kier molecular flexibility index (Phi) is 4.68. The number of rotatable bonds is 4. The van der Waals surface area contributed by atoms with Crippen LogP contribution in [-0.4, -0.2) is 26.4 Å². The second-order valence-electron chi connectivity index (χ2n) is 3.85. The highest BCUT2D eigenvalue weighted by molar-refractivity contribution is 9.11. The van der Waals surface area contributed by atoms with Gasteiger partial charge < -0.3 is 4.74 Å². The van der Waals surface area contributed by atoms with Crippen LogP contribution in [0.3, 0.4) is 0 Å². The molecule has 1 amide bonds. The molecule has 0 aromatic carbocycles. The number of hydrogen-bond acceptors (Lipinski definition) is 7. The Balaban J connectivity index is 2.47. The predicted molar refractivity (Wildman–Crippen MR) is 84.7 cm³/mol. The molecule has 2 aromatic rings. The highest BCUT2D eigenvalue weighted by atomic mass is 79.9. The molecule has 0 aliphatic heterocycles. The molecule has 0 aliphatic rings. The Bertz CT molecular complexity index is 797. The van der Waals surface area contributed by atoms with Gasteiger partial charge in [-0.3, -0.25) is 10.1 Å². The van der Waals surface area contributed by atoms with Crippen LogP contribution in [0, 0.1) is 6.92 Å². The molecule has 0 radical (unpaired) electrons. The molecule has 2 aromatic heterocycles. The quantitative estimate of drug-likeness (QED) is 0.800. The Labute approximate surface area is 137 Å². The van der Waals surface area contributed by atoms with Gasteiger partial charge in [0.05, 0.1) is 22.7 Å². The molecule has 2 heterocycles. The number of nitrogens with two attached hydrogens (primary N) is 1. The number of anilines is 1. The molecule has 0 spiro atoms. The first-order valence-corrected chi connectivity index (χ1v) is 9.34. The summed E-state index contributed by atoms with van der Waals surface area (Å²) >= 11 is 5.25. The largest absolute Gasteiger partial charge is 0.487 e. The van der Waals surface area contributed by atoms with Gasteiger partial charge in [0.2, 0.25) is 10.0 Å². The second-order valence-corrected chi connectivity index (χ2v) is 9.00. The van der Waals surface area contributed by atoms with Crippen molar-refractivity contribution >= 4 is 59.7 Å². The van der Waals surface area contributed by atoms with E-state index < -0.39 is 15.9 Å². The lowest BCUT2D eigenvalue weighted by Crippen LogP contribution is -2.19. The van der Waals surface area contributed by atoms with E-state index in [9.17, 15) is 13.2 Å². The van der Waals surface area contributed by atoms with Crippen molar-refractivity contribution in [2.24, 2.45) is 5.14 Å². The van der Waals surface area contributed by atoms with Crippen LogP contribution in [0.15, 0.2) is 14.2 Å². The van der Waals surface area contributed by atoms with Gasteiger partial charge in [-0.2, -0.15) is 0 Å². The number of methoxy groups -OCH3 is 1. The van der Waals surface area contributed by atoms with Crippen molar-refractivity contribution in [2.75, 3.05) is 12.4 Å². The van der Waals surface area contributed by atoms with Crippen LogP contribution in [0.5, 0.6) is 5.06 Å². The van der Waals surface area contributed by atoms with E-state index in [0.29, 0.717) is 15.8 Å². The summed E-state index contributed by atoms with van der Waals surface area (Å²) < 4.78 is 28.8. The molecular weight excluding hydrogens is 402 g/mol. The maximum Gasteiger partial charge on any atom is 0.260 e. The fourth-order valence-corrected chi connectivity index (χ4v) is 4.78. The molecule has 0 bridgehead atoms. The van der Waals surface area contributed by atoms with E-state index in [1.165, 1.54) is 24.6 Å². The Morgan fingerprint density at radius 2 is 2.14 bits per heavy atom. The molecule has 2 rings (SSSR count). The number of thiazole rings is 1. The van der Waals surface area contributed by atoms with Gasteiger partial charge in [0.25, 0.3) is 5.91 Å². The molecular formula is C10H10BrN3O4S3. The van der Waals surface area contributed by atoms with Crippen LogP contribution >= 0.6 is 38.6 Å². The summed E-state index contributed by atoms with van der Waals surface area (Å²) in [6.07, 6.45) is 1.53. The Morgan fingerprint density at radius 1 is 1.48 bits per heavy atom. The van der Waals surface area contributed by atoms with Crippen molar-refractivity contribution < 1.29 is 17.9 Å². The fraction of sp³-hybridized carbons (Fsp3) is 0.200. The van der Waals surface area contributed by atoms with Crippen molar-refractivity contribution in [2.45, 2.75) is 11.1 Å². The molecule has 114 valence electrons. The van der Waals surface area contributed by atoms with Gasteiger partial charge in [0.1, 0.15) is 0 Å². The molecule has 0 atom stereocenters. The van der Waals surface area contributed by atoms with E-state index in [-0.39, 0.29) is 9.77 Å². The number of aromatic nitrogens is 1. The van der Waals surface area contributed by atoms with E-state index in [2.05, 4.69) is 26.2 Å². The summed E-state index contributed by atoms with van der Waals surface area (Å²) in [4.78, 5) is 16.3. The number of carbonyl (C=O) groups excluding carboxylic acids is 1. The van der Waals surface area contributed by atoms with Gasteiger partial charge in [-0.25, -0.2) is 18.5 Å². The molecule has 0 saturated heterocycles. The fourth-order valence-electron chi connectivity index (χ4n) is 1.60. The average molecular weight is 412 g/mol. The first-order valence-electron chi connectivity index (χ1n) is 5.37. The molecule has 0 saturated carbocycles. The maximum atomic E-state index is 12.3. The molecule has 21 heavy (non-hydrogen) atoms. The van der Waals surface area contributed by atoms with Crippen LogP contribution in [0.25, 0.3) is 0 Å². The number of thiophene rings is 1. The van der Waals surface area contributed by atoms with Gasteiger partial charge in [0, 0.05) is 5.56 Å². The SMILES string of the molecule is COc1sc(S(N)(=O)=O)c(C(=O)Nc2ncc(Br)s2)c1C. The van der Waals surface area contributed by atoms with E-state index in [1.807, 2.05) is 0 Å². The van der Waals surface area contributed by atoms with Crippen molar-refractivity contribution in [3.63, 3.8) is 0 Å². The summed E-state index contributed by atoms with van der Waals surface area (Å²) in [6.45, 7) is 1.59.